The normalized spacial score (nSPS) is 13.6. The largest absolute Gasteiger partial charge is 0.338 e. The summed E-state index contributed by atoms with van der Waals surface area (Å²) < 4.78 is 44.7. The van der Waals surface area contributed by atoms with E-state index < -0.39 is 32.6 Å². The highest BCUT2D eigenvalue weighted by Gasteiger charge is 2.31. The van der Waals surface area contributed by atoms with Crippen molar-refractivity contribution in [1.82, 2.24) is 13.7 Å². The second-order valence-electron chi connectivity index (χ2n) is 9.48. The lowest BCUT2D eigenvalue weighted by molar-refractivity contribution is 0.607. The molecule has 2 N–H and O–H groups in total. The molecule has 2 heterocycles. The van der Waals surface area contributed by atoms with Gasteiger partial charge >= 0.3 is 5.69 Å². The van der Waals surface area contributed by atoms with Crippen molar-refractivity contribution in [2.75, 3.05) is 22.6 Å². The molecule has 0 atom stereocenters. The van der Waals surface area contributed by atoms with Crippen molar-refractivity contribution in [3.8, 4) is 5.69 Å². The molecule has 0 spiro atoms. The SMILES string of the molecule is CSc1ccc(Nc2c3c(=O)n(C4CC4)c(=O)n(-c4cccc(NS(C)(=O)=O)c4)c3c(C)c(=O)n2C)c(F)c1. The number of sulfonamides is 1. The van der Waals surface area contributed by atoms with Crippen molar-refractivity contribution in [2.45, 2.75) is 30.7 Å². The molecule has 1 aliphatic rings. The summed E-state index contributed by atoms with van der Waals surface area (Å²) in [5, 5.41) is 2.97. The first kappa shape index (κ1) is 26.8. The summed E-state index contributed by atoms with van der Waals surface area (Å²) in [7, 11) is -2.14. The molecule has 0 bridgehead atoms. The Morgan fingerprint density at radius 1 is 1.05 bits per heavy atom. The van der Waals surface area contributed by atoms with E-state index in [1.807, 2.05) is 6.26 Å². The third-order valence-electron chi connectivity index (χ3n) is 6.59. The number of pyridine rings is 1. The average Bonchev–Trinajstić information content (AvgIpc) is 3.70. The summed E-state index contributed by atoms with van der Waals surface area (Å²) in [6.45, 7) is 1.51. The number of benzene rings is 2. The number of hydrogen-bond acceptors (Lipinski definition) is 7. The van der Waals surface area contributed by atoms with Gasteiger partial charge in [0, 0.05) is 23.5 Å². The number of anilines is 3. The summed E-state index contributed by atoms with van der Waals surface area (Å²) >= 11 is 1.37. The molecule has 4 aromatic rings. The quantitative estimate of drug-likeness (QED) is 0.326. The summed E-state index contributed by atoms with van der Waals surface area (Å²) in [6.07, 6.45) is 4.09. The van der Waals surface area contributed by atoms with E-state index in [4.69, 9.17) is 0 Å². The molecule has 2 aromatic carbocycles. The van der Waals surface area contributed by atoms with Crippen LogP contribution in [0.5, 0.6) is 0 Å². The summed E-state index contributed by atoms with van der Waals surface area (Å²) in [6, 6.07) is 10.4. The second-order valence-corrected chi connectivity index (χ2v) is 12.1. The van der Waals surface area contributed by atoms with Crippen LogP contribution in [0.15, 0.2) is 61.7 Å². The molecular formula is C26H26FN5O5S2. The number of nitrogens with zero attached hydrogens (tertiary/aromatic N) is 3. The number of aromatic nitrogens is 3. The molecule has 1 fully saturated rings. The highest BCUT2D eigenvalue weighted by atomic mass is 32.2. The van der Waals surface area contributed by atoms with Crippen LogP contribution in [0.2, 0.25) is 0 Å². The van der Waals surface area contributed by atoms with E-state index in [9.17, 15) is 27.2 Å². The lowest BCUT2D eigenvalue weighted by Crippen LogP contribution is -2.41. The Morgan fingerprint density at radius 2 is 1.77 bits per heavy atom. The standard InChI is InChI=1S/C26H26FN5O5S2/c1-14-22-21(23(30(2)24(14)33)28-20-11-10-18(38-3)13-19(20)27)25(34)32(16-8-9-16)26(35)31(22)17-7-5-6-15(12-17)29-39(4,36)37/h5-7,10-13,16,28-29H,8-9H2,1-4H3. The van der Waals surface area contributed by atoms with E-state index in [2.05, 4.69) is 10.0 Å². The fourth-order valence-corrected chi connectivity index (χ4v) is 5.61. The zero-order chi connectivity index (χ0) is 28.2. The van der Waals surface area contributed by atoms with Crippen molar-refractivity contribution in [3.63, 3.8) is 0 Å². The number of rotatable bonds is 7. The number of halogens is 1. The van der Waals surface area contributed by atoms with Gasteiger partial charge in [-0.2, -0.15) is 0 Å². The molecular weight excluding hydrogens is 545 g/mol. The Balaban J connectivity index is 1.88. The lowest BCUT2D eigenvalue weighted by atomic mass is 10.1. The average molecular weight is 572 g/mol. The van der Waals surface area contributed by atoms with Crippen molar-refractivity contribution < 1.29 is 12.8 Å². The summed E-state index contributed by atoms with van der Waals surface area (Å²) in [5.41, 5.74) is -1.03. The first-order chi connectivity index (χ1) is 18.4. The van der Waals surface area contributed by atoms with Crippen LogP contribution in [-0.4, -0.2) is 34.6 Å². The van der Waals surface area contributed by atoms with Crippen molar-refractivity contribution in [3.05, 3.63) is 85.0 Å². The molecule has 2 aromatic heterocycles. The number of thioether (sulfide) groups is 1. The maximum Gasteiger partial charge on any atom is 0.336 e. The Morgan fingerprint density at radius 3 is 2.38 bits per heavy atom. The van der Waals surface area contributed by atoms with Gasteiger partial charge < -0.3 is 5.32 Å². The van der Waals surface area contributed by atoms with Crippen LogP contribution >= 0.6 is 11.8 Å². The predicted octanol–water partition coefficient (Wildman–Crippen LogP) is 3.47. The maximum atomic E-state index is 15.0. The zero-order valence-electron chi connectivity index (χ0n) is 21.6. The fraction of sp³-hybridized carbons (Fsp3) is 0.269. The second kappa shape index (κ2) is 9.72. The molecule has 13 heteroatoms. The van der Waals surface area contributed by atoms with Gasteiger partial charge in [-0.05, 0) is 62.4 Å². The minimum atomic E-state index is -3.61. The highest BCUT2D eigenvalue weighted by Crippen LogP contribution is 2.34. The van der Waals surface area contributed by atoms with Gasteiger partial charge in [0.15, 0.2) is 0 Å². The molecule has 0 saturated heterocycles. The van der Waals surface area contributed by atoms with E-state index in [1.165, 1.54) is 59.1 Å². The van der Waals surface area contributed by atoms with Gasteiger partial charge in [0.1, 0.15) is 17.0 Å². The van der Waals surface area contributed by atoms with E-state index in [0.717, 1.165) is 10.8 Å². The van der Waals surface area contributed by atoms with Gasteiger partial charge in [-0.25, -0.2) is 17.6 Å². The van der Waals surface area contributed by atoms with Crippen molar-refractivity contribution in [1.29, 1.82) is 0 Å². The van der Waals surface area contributed by atoms with E-state index in [0.29, 0.717) is 17.7 Å². The Bertz CT molecular complexity index is 1940. The fourth-order valence-electron chi connectivity index (χ4n) is 4.63. The molecule has 0 amide bonds. The van der Waals surface area contributed by atoms with Gasteiger partial charge in [0.2, 0.25) is 10.0 Å². The van der Waals surface area contributed by atoms with Gasteiger partial charge in [0.25, 0.3) is 11.1 Å². The minimum absolute atomic E-state index is 0.0370. The van der Waals surface area contributed by atoms with Crippen LogP contribution in [0.3, 0.4) is 0 Å². The Hall–Kier alpha value is -3.84. The molecule has 0 aliphatic heterocycles. The van der Waals surface area contributed by atoms with Gasteiger partial charge in [-0.3, -0.25) is 28.0 Å². The first-order valence-electron chi connectivity index (χ1n) is 12.0. The summed E-state index contributed by atoms with van der Waals surface area (Å²) in [5.74, 6) is -0.534. The third-order valence-corrected chi connectivity index (χ3v) is 7.92. The number of hydrogen-bond donors (Lipinski definition) is 2. The minimum Gasteiger partial charge on any atom is -0.338 e. The van der Waals surface area contributed by atoms with E-state index >= 15 is 0 Å². The highest BCUT2D eigenvalue weighted by molar-refractivity contribution is 7.98. The van der Waals surface area contributed by atoms with Gasteiger partial charge in [-0.1, -0.05) is 6.07 Å². The maximum absolute atomic E-state index is 15.0. The number of nitrogens with one attached hydrogen (secondary N) is 2. The zero-order valence-corrected chi connectivity index (χ0v) is 23.2. The van der Waals surface area contributed by atoms with Crippen LogP contribution < -0.4 is 26.8 Å². The van der Waals surface area contributed by atoms with Crippen molar-refractivity contribution >= 4 is 49.9 Å². The number of fused-ring (bicyclic) bond motifs is 1. The first-order valence-corrected chi connectivity index (χ1v) is 15.1. The summed E-state index contributed by atoms with van der Waals surface area (Å²) in [4.78, 5) is 41.8. The molecule has 1 aliphatic carbocycles. The molecule has 10 nitrogen and oxygen atoms in total. The topological polar surface area (TPSA) is 124 Å². The van der Waals surface area contributed by atoms with Gasteiger partial charge in [0.05, 0.1) is 28.8 Å². The molecule has 0 radical (unpaired) electrons. The lowest BCUT2D eigenvalue weighted by Gasteiger charge is -2.21. The van der Waals surface area contributed by atoms with Crippen LogP contribution in [-0.2, 0) is 17.1 Å². The Kier molecular flexibility index (Phi) is 6.67. The van der Waals surface area contributed by atoms with Crippen molar-refractivity contribution in [2.24, 2.45) is 7.05 Å². The molecule has 1 saturated carbocycles. The van der Waals surface area contributed by atoms with Crippen LogP contribution in [0.25, 0.3) is 16.6 Å². The molecule has 0 unspecified atom stereocenters. The van der Waals surface area contributed by atoms with Gasteiger partial charge in [-0.15, -0.1) is 11.8 Å². The number of aryl methyl sites for hydroxylation is 1. The molecule has 39 heavy (non-hydrogen) atoms. The van der Waals surface area contributed by atoms with E-state index in [1.54, 1.807) is 18.2 Å². The van der Waals surface area contributed by atoms with Crippen LogP contribution in [0, 0.1) is 12.7 Å². The van der Waals surface area contributed by atoms with Crippen LogP contribution in [0.1, 0.15) is 24.4 Å². The Labute approximate surface area is 227 Å². The third kappa shape index (κ3) is 4.87. The van der Waals surface area contributed by atoms with E-state index in [-0.39, 0.29) is 45.4 Å². The smallest absolute Gasteiger partial charge is 0.336 e. The predicted molar refractivity (Wildman–Crippen MR) is 152 cm³/mol. The monoisotopic (exact) mass is 571 g/mol. The molecule has 5 rings (SSSR count). The van der Waals surface area contributed by atoms with Crippen LogP contribution in [0.4, 0.5) is 21.6 Å². The molecule has 204 valence electrons.